The van der Waals surface area contributed by atoms with Crippen molar-refractivity contribution in [3.63, 3.8) is 0 Å². The van der Waals surface area contributed by atoms with Gasteiger partial charge in [-0.2, -0.15) is 10.5 Å². The van der Waals surface area contributed by atoms with Gasteiger partial charge in [0.05, 0.1) is 43.2 Å². The summed E-state index contributed by atoms with van der Waals surface area (Å²) in [5.41, 5.74) is 3.71. The van der Waals surface area contributed by atoms with Gasteiger partial charge in [0, 0.05) is 23.2 Å². The minimum atomic E-state index is 0.433. The van der Waals surface area contributed by atoms with Crippen LogP contribution < -0.4 is 10.7 Å². The number of fused-ring (bicyclic) bond motifs is 1. The van der Waals surface area contributed by atoms with E-state index >= 15 is 0 Å². The van der Waals surface area contributed by atoms with E-state index in [-0.39, 0.29) is 0 Å². The van der Waals surface area contributed by atoms with Gasteiger partial charge in [-0.25, -0.2) is 0 Å². The van der Waals surface area contributed by atoms with E-state index in [1.807, 2.05) is 71.4 Å². The van der Waals surface area contributed by atoms with Gasteiger partial charge in [0.25, 0.3) is 0 Å². The van der Waals surface area contributed by atoms with Crippen molar-refractivity contribution >= 4 is 44.6 Å². The summed E-state index contributed by atoms with van der Waals surface area (Å²) >= 11 is 3.18. The third kappa shape index (κ3) is 3.53. The Kier molecular flexibility index (Phi) is 5.51. The van der Waals surface area contributed by atoms with Crippen molar-refractivity contribution in [2.24, 2.45) is 0 Å². The van der Waals surface area contributed by atoms with Crippen LogP contribution in [0.25, 0.3) is 43.1 Å². The molecule has 36 heavy (non-hydrogen) atoms. The third-order valence-electron chi connectivity index (χ3n) is 5.85. The maximum atomic E-state index is 10.3. The lowest BCUT2D eigenvalue weighted by atomic mass is 10.1. The van der Waals surface area contributed by atoms with Crippen molar-refractivity contribution in [2.75, 3.05) is 0 Å². The zero-order valence-corrected chi connectivity index (χ0v) is 20.3. The third-order valence-corrected chi connectivity index (χ3v) is 7.63. The van der Waals surface area contributed by atoms with Gasteiger partial charge in [0.15, 0.2) is 0 Å². The van der Waals surface area contributed by atoms with Gasteiger partial charge < -0.3 is 9.97 Å². The van der Waals surface area contributed by atoms with Crippen molar-refractivity contribution in [1.29, 1.82) is 10.5 Å². The lowest BCUT2D eigenvalue weighted by Crippen LogP contribution is -2.11. The summed E-state index contributed by atoms with van der Waals surface area (Å²) in [7, 11) is 0. The number of nitrogens with one attached hydrogen (secondary N) is 2. The topological polar surface area (TPSA) is 105 Å². The Balaban J connectivity index is 1.89. The van der Waals surface area contributed by atoms with Gasteiger partial charge in [-0.15, -0.1) is 22.7 Å². The molecule has 0 saturated heterocycles. The van der Waals surface area contributed by atoms with E-state index in [0.29, 0.717) is 33.2 Å². The molecular weight excluding hydrogens is 484 g/mol. The number of hydrogen-bond acceptors (Lipinski definition) is 6. The lowest BCUT2D eigenvalue weighted by molar-refractivity contribution is 1.24. The summed E-state index contributed by atoms with van der Waals surface area (Å²) in [5, 5.41) is 27.6. The van der Waals surface area contributed by atoms with E-state index in [2.05, 4.69) is 32.1 Å². The largest absolute Gasteiger partial charge is 0.352 e. The molecule has 170 valence electrons. The number of H-pyrrole nitrogens is 2. The van der Waals surface area contributed by atoms with Crippen LogP contribution in [0.2, 0.25) is 0 Å². The summed E-state index contributed by atoms with van der Waals surface area (Å²) in [6, 6.07) is 23.8. The maximum absolute atomic E-state index is 10.3. The van der Waals surface area contributed by atoms with Gasteiger partial charge in [-0.1, -0.05) is 24.3 Å². The van der Waals surface area contributed by atoms with E-state index in [0.717, 1.165) is 31.9 Å². The number of hydrogen-bond donors (Lipinski definition) is 2. The van der Waals surface area contributed by atoms with Crippen LogP contribution in [0.1, 0.15) is 11.4 Å². The van der Waals surface area contributed by atoms with Gasteiger partial charge in [-0.3, -0.25) is 9.97 Å². The van der Waals surface area contributed by atoms with Crippen molar-refractivity contribution in [3.8, 4) is 33.3 Å². The van der Waals surface area contributed by atoms with Crippen LogP contribution >= 0.6 is 22.7 Å². The van der Waals surface area contributed by atoms with Crippen molar-refractivity contribution in [1.82, 2.24) is 19.9 Å². The molecule has 0 spiro atoms. The highest BCUT2D eigenvalue weighted by atomic mass is 32.1. The van der Waals surface area contributed by atoms with Crippen molar-refractivity contribution in [3.05, 3.63) is 106 Å². The maximum Gasteiger partial charge on any atom is 0.104 e. The molecule has 0 bridgehead atoms. The first-order chi connectivity index (χ1) is 17.8. The van der Waals surface area contributed by atoms with Crippen LogP contribution in [0.5, 0.6) is 0 Å². The number of nitrogens with zero attached hydrogens (tertiary/aromatic N) is 4. The van der Waals surface area contributed by atoms with Crippen LogP contribution in [-0.4, -0.2) is 19.9 Å². The molecule has 6 rings (SSSR count). The Morgan fingerprint density at radius 3 is 1.44 bits per heavy atom. The van der Waals surface area contributed by atoms with E-state index in [4.69, 9.17) is 0 Å². The monoisotopic (exact) mass is 500 g/mol. The van der Waals surface area contributed by atoms with Crippen LogP contribution in [0.4, 0.5) is 0 Å². The molecule has 8 heteroatoms. The average molecular weight is 501 g/mol. The molecule has 0 fully saturated rings. The molecule has 0 aliphatic carbocycles. The van der Waals surface area contributed by atoms with Crippen molar-refractivity contribution < 1.29 is 0 Å². The molecule has 2 N–H and O–H groups in total. The van der Waals surface area contributed by atoms with Crippen LogP contribution in [0.3, 0.4) is 0 Å². The predicted octanol–water partition coefficient (Wildman–Crippen LogP) is 5.19. The molecule has 0 amide bonds. The molecule has 0 unspecified atom stereocenters. The number of thiophene rings is 2. The smallest absolute Gasteiger partial charge is 0.104 e. The summed E-state index contributed by atoms with van der Waals surface area (Å²) in [6.07, 6.45) is 3.36. The molecule has 0 saturated carbocycles. The summed E-state index contributed by atoms with van der Waals surface area (Å²) in [5.74, 6) is 0. The summed E-state index contributed by atoms with van der Waals surface area (Å²) in [6.45, 7) is 0. The first-order valence-electron chi connectivity index (χ1n) is 11.0. The number of rotatable bonds is 4. The zero-order valence-electron chi connectivity index (χ0n) is 18.7. The highest BCUT2D eigenvalue weighted by Gasteiger charge is 2.23. The second kappa shape index (κ2) is 9.12. The number of aromatic amines is 2. The normalized spacial score (nSPS) is 12.7. The molecule has 6 aromatic heterocycles. The Hall–Kier alpha value is -4.76. The van der Waals surface area contributed by atoms with Gasteiger partial charge in [-0.05, 0) is 47.2 Å². The number of aromatic nitrogens is 4. The summed E-state index contributed by atoms with van der Waals surface area (Å²) < 4.78 is 0. The van der Waals surface area contributed by atoms with Crippen LogP contribution in [-0.2, 0) is 0 Å². The first kappa shape index (κ1) is 21.8. The van der Waals surface area contributed by atoms with Crippen LogP contribution in [0, 0.1) is 22.7 Å². The average Bonchev–Trinajstić information content (AvgIpc) is 3.72. The van der Waals surface area contributed by atoms with Gasteiger partial charge >= 0.3 is 0 Å². The molecule has 0 aliphatic rings. The van der Waals surface area contributed by atoms with Gasteiger partial charge in [0.2, 0.25) is 0 Å². The Morgan fingerprint density at radius 1 is 0.639 bits per heavy atom. The fourth-order valence-electron chi connectivity index (χ4n) is 4.34. The Morgan fingerprint density at radius 2 is 1.11 bits per heavy atom. The highest BCUT2D eigenvalue weighted by Crippen LogP contribution is 2.34. The molecule has 0 radical (unpaired) electrons. The minimum absolute atomic E-state index is 0.433. The summed E-state index contributed by atoms with van der Waals surface area (Å²) in [4.78, 5) is 18.0. The van der Waals surface area contributed by atoms with Gasteiger partial charge in [0.1, 0.15) is 23.3 Å². The fourth-order valence-corrected chi connectivity index (χ4v) is 5.80. The quantitative estimate of drug-likeness (QED) is 0.348. The predicted molar refractivity (Wildman–Crippen MR) is 143 cm³/mol. The first-order valence-corrected chi connectivity index (χ1v) is 12.8. The molecular formula is C28H16N6S2. The highest BCUT2D eigenvalue weighted by molar-refractivity contribution is 7.14. The second-order valence-electron chi connectivity index (χ2n) is 7.86. The Bertz CT molecular complexity index is 1740. The van der Waals surface area contributed by atoms with E-state index < -0.39 is 0 Å². The molecule has 6 heterocycles. The number of pyridine rings is 2. The SMILES string of the molecule is N#C/C(c1ccccn1)=c1/[nH]c(-c2cccs2)c2/c(=C(\C#N)c3ccccn3)[nH]c(-c3cccs3)c12. The van der Waals surface area contributed by atoms with E-state index in [9.17, 15) is 10.5 Å². The standard InChI is InChI=1S/C28H16N6S2/c29-15-17(19-7-1-3-11-31-19)25-23-24(28(33-25)22-10-6-14-36-22)26(34-27(23)21-9-5-13-35-21)18(16-30)20-8-2-4-12-32-20/h1-14,33-34H/b25-17-,26-18-. The van der Waals surface area contributed by atoms with E-state index in [1.54, 1.807) is 35.1 Å². The molecule has 0 aliphatic heterocycles. The fraction of sp³-hybridized carbons (Fsp3) is 0. The molecule has 0 aromatic carbocycles. The van der Waals surface area contributed by atoms with E-state index in [1.165, 1.54) is 0 Å². The number of nitriles is 2. The lowest BCUT2D eigenvalue weighted by Gasteiger charge is -2.00. The Labute approximate surface area is 213 Å². The zero-order chi connectivity index (χ0) is 24.5. The minimum Gasteiger partial charge on any atom is -0.352 e. The van der Waals surface area contributed by atoms with Crippen molar-refractivity contribution in [2.45, 2.75) is 0 Å². The molecule has 6 aromatic rings. The molecule has 6 nitrogen and oxygen atoms in total. The second-order valence-corrected chi connectivity index (χ2v) is 9.75. The van der Waals surface area contributed by atoms with Crippen LogP contribution in [0.15, 0.2) is 83.8 Å². The molecule has 0 atom stereocenters.